The molecule has 0 aromatic heterocycles. The lowest BCUT2D eigenvalue weighted by atomic mass is 10.1. The summed E-state index contributed by atoms with van der Waals surface area (Å²) in [6.45, 7) is 0.625. The van der Waals surface area contributed by atoms with E-state index < -0.39 is 0 Å². The standard InChI is InChI=1S/C12H11BrO/c13-11-5-3-9-14-12-6-2-1-4-10(12)7-8-11/h1-6,8H,7,9H2. The third-order valence-corrected chi connectivity index (χ3v) is 2.69. The molecule has 0 saturated carbocycles. The summed E-state index contributed by atoms with van der Waals surface area (Å²) in [4.78, 5) is 0. The highest BCUT2D eigenvalue weighted by Crippen LogP contribution is 2.21. The molecule has 1 nitrogen and oxygen atoms in total. The molecule has 0 spiro atoms. The van der Waals surface area contributed by atoms with E-state index in [4.69, 9.17) is 4.74 Å². The van der Waals surface area contributed by atoms with Gasteiger partial charge in [0.2, 0.25) is 0 Å². The quantitative estimate of drug-likeness (QED) is 0.686. The number of allylic oxidation sites excluding steroid dienone is 3. The van der Waals surface area contributed by atoms with Gasteiger partial charge in [0.25, 0.3) is 0 Å². The van der Waals surface area contributed by atoms with Gasteiger partial charge in [-0.15, -0.1) is 0 Å². The number of hydrogen-bond acceptors (Lipinski definition) is 1. The smallest absolute Gasteiger partial charge is 0.123 e. The fourth-order valence-electron chi connectivity index (χ4n) is 1.39. The van der Waals surface area contributed by atoms with Crippen molar-refractivity contribution in [3.05, 3.63) is 52.5 Å². The number of hydrogen-bond donors (Lipinski definition) is 0. The number of rotatable bonds is 0. The Hall–Kier alpha value is -1.02. The number of ether oxygens (including phenoxy) is 1. The van der Waals surface area contributed by atoms with Crippen LogP contribution in [0.5, 0.6) is 5.75 Å². The maximum absolute atomic E-state index is 5.62. The summed E-state index contributed by atoms with van der Waals surface area (Å²) in [5, 5.41) is 0. The Bertz CT molecular complexity index is 380. The molecule has 0 aliphatic carbocycles. The van der Waals surface area contributed by atoms with E-state index in [1.54, 1.807) is 0 Å². The van der Waals surface area contributed by atoms with Crippen LogP contribution < -0.4 is 4.74 Å². The SMILES string of the molecule is BrC1=CCc2ccccc2OCC=C1. The Labute approximate surface area is 92.2 Å². The number of halogens is 1. The normalized spacial score (nSPS) is 15.6. The highest BCUT2D eigenvalue weighted by atomic mass is 79.9. The molecule has 2 rings (SSSR count). The Morgan fingerprint density at radius 3 is 3.00 bits per heavy atom. The van der Waals surface area contributed by atoms with Crippen LogP contribution in [0, 0.1) is 0 Å². The van der Waals surface area contributed by atoms with Crippen LogP contribution in [0.15, 0.2) is 47.0 Å². The van der Waals surface area contributed by atoms with Gasteiger partial charge >= 0.3 is 0 Å². The molecule has 14 heavy (non-hydrogen) atoms. The van der Waals surface area contributed by atoms with Crippen LogP contribution in [-0.4, -0.2) is 6.61 Å². The monoisotopic (exact) mass is 250 g/mol. The third kappa shape index (κ3) is 2.26. The summed E-state index contributed by atoms with van der Waals surface area (Å²) in [5.74, 6) is 0.982. The van der Waals surface area contributed by atoms with Crippen molar-refractivity contribution in [2.45, 2.75) is 6.42 Å². The minimum atomic E-state index is 0.625. The van der Waals surface area contributed by atoms with E-state index in [0.29, 0.717) is 6.61 Å². The Balaban J connectivity index is 2.33. The maximum atomic E-state index is 5.62. The van der Waals surface area contributed by atoms with E-state index in [1.165, 1.54) is 5.56 Å². The highest BCUT2D eigenvalue weighted by Gasteiger charge is 2.02. The molecule has 72 valence electrons. The molecule has 0 unspecified atom stereocenters. The topological polar surface area (TPSA) is 9.23 Å². The van der Waals surface area contributed by atoms with E-state index in [-0.39, 0.29) is 0 Å². The van der Waals surface area contributed by atoms with Crippen molar-refractivity contribution < 1.29 is 4.74 Å². The van der Waals surface area contributed by atoms with Gasteiger partial charge in [-0.05, 0) is 30.2 Å². The lowest BCUT2D eigenvalue weighted by Gasteiger charge is -2.07. The second kappa shape index (κ2) is 4.47. The molecule has 1 aromatic carbocycles. The van der Waals surface area contributed by atoms with Gasteiger partial charge in [0.1, 0.15) is 12.4 Å². The third-order valence-electron chi connectivity index (χ3n) is 2.10. The van der Waals surface area contributed by atoms with Crippen molar-refractivity contribution in [3.8, 4) is 5.75 Å². The van der Waals surface area contributed by atoms with Gasteiger partial charge < -0.3 is 4.74 Å². The van der Waals surface area contributed by atoms with E-state index in [9.17, 15) is 0 Å². The van der Waals surface area contributed by atoms with Gasteiger partial charge in [0, 0.05) is 4.48 Å². The average molecular weight is 251 g/mol. The first kappa shape index (κ1) is 9.53. The molecular formula is C12H11BrO. The minimum absolute atomic E-state index is 0.625. The molecule has 0 fully saturated rings. The van der Waals surface area contributed by atoms with Crippen molar-refractivity contribution in [2.75, 3.05) is 6.61 Å². The van der Waals surface area contributed by atoms with Gasteiger partial charge in [-0.2, -0.15) is 0 Å². The van der Waals surface area contributed by atoms with Crippen LogP contribution in [0.2, 0.25) is 0 Å². The molecule has 2 heteroatoms. The van der Waals surface area contributed by atoms with Gasteiger partial charge in [-0.3, -0.25) is 0 Å². The Kier molecular flexibility index (Phi) is 3.04. The molecule has 1 heterocycles. The average Bonchev–Trinajstić information content (AvgIpc) is 2.30. The molecule has 0 amide bonds. The molecule has 1 aromatic rings. The molecule has 0 atom stereocenters. The van der Waals surface area contributed by atoms with Gasteiger partial charge in [-0.25, -0.2) is 0 Å². The molecule has 0 N–H and O–H groups in total. The Morgan fingerprint density at radius 2 is 2.07 bits per heavy atom. The summed E-state index contributed by atoms with van der Waals surface area (Å²) < 4.78 is 6.72. The van der Waals surface area contributed by atoms with E-state index in [1.807, 2.05) is 30.4 Å². The highest BCUT2D eigenvalue weighted by molar-refractivity contribution is 9.11. The van der Waals surface area contributed by atoms with Crippen LogP contribution in [0.25, 0.3) is 0 Å². The zero-order chi connectivity index (χ0) is 9.80. The summed E-state index contributed by atoms with van der Waals surface area (Å²) in [5.41, 5.74) is 1.23. The van der Waals surface area contributed by atoms with Crippen molar-refractivity contribution in [3.63, 3.8) is 0 Å². The summed E-state index contributed by atoms with van der Waals surface area (Å²) in [6.07, 6.45) is 7.07. The Morgan fingerprint density at radius 1 is 1.21 bits per heavy atom. The van der Waals surface area contributed by atoms with Crippen molar-refractivity contribution in [1.82, 2.24) is 0 Å². The van der Waals surface area contributed by atoms with E-state index in [0.717, 1.165) is 16.7 Å². The van der Waals surface area contributed by atoms with Crippen LogP contribution in [0.3, 0.4) is 0 Å². The second-order valence-electron chi connectivity index (χ2n) is 3.11. The summed E-state index contributed by atoms with van der Waals surface area (Å²) >= 11 is 3.48. The van der Waals surface area contributed by atoms with Crippen molar-refractivity contribution in [1.29, 1.82) is 0 Å². The van der Waals surface area contributed by atoms with Gasteiger partial charge in [0.05, 0.1) is 0 Å². The summed E-state index contributed by atoms with van der Waals surface area (Å²) in [7, 11) is 0. The fraction of sp³-hybridized carbons (Fsp3) is 0.167. The second-order valence-corrected chi connectivity index (χ2v) is 4.03. The van der Waals surface area contributed by atoms with Gasteiger partial charge in [0.15, 0.2) is 0 Å². The lowest BCUT2D eigenvalue weighted by molar-refractivity contribution is 0.360. The molecule has 1 aliphatic rings. The number of benzene rings is 1. The fourth-order valence-corrected chi connectivity index (χ4v) is 1.74. The molecular weight excluding hydrogens is 240 g/mol. The zero-order valence-electron chi connectivity index (χ0n) is 7.74. The van der Waals surface area contributed by atoms with Crippen LogP contribution in [0.1, 0.15) is 5.56 Å². The number of para-hydroxylation sites is 1. The first-order chi connectivity index (χ1) is 6.86. The van der Waals surface area contributed by atoms with E-state index >= 15 is 0 Å². The predicted octanol–water partition coefficient (Wildman–Crippen LogP) is 3.46. The number of fused-ring (bicyclic) bond motifs is 1. The first-order valence-corrected chi connectivity index (χ1v) is 5.38. The maximum Gasteiger partial charge on any atom is 0.123 e. The predicted molar refractivity (Wildman–Crippen MR) is 61.8 cm³/mol. The van der Waals surface area contributed by atoms with Crippen LogP contribution in [0.4, 0.5) is 0 Å². The van der Waals surface area contributed by atoms with Gasteiger partial charge in [-0.1, -0.05) is 40.2 Å². The minimum Gasteiger partial charge on any atom is -0.489 e. The van der Waals surface area contributed by atoms with Crippen LogP contribution >= 0.6 is 15.9 Å². The largest absolute Gasteiger partial charge is 0.489 e. The molecule has 1 aliphatic heterocycles. The van der Waals surface area contributed by atoms with Crippen LogP contribution in [-0.2, 0) is 6.42 Å². The molecule has 0 radical (unpaired) electrons. The van der Waals surface area contributed by atoms with Crippen molar-refractivity contribution >= 4 is 15.9 Å². The summed E-state index contributed by atoms with van der Waals surface area (Å²) in [6, 6.07) is 8.14. The lowest BCUT2D eigenvalue weighted by Crippen LogP contribution is -1.95. The van der Waals surface area contributed by atoms with E-state index in [2.05, 4.69) is 28.1 Å². The molecule has 0 saturated heterocycles. The van der Waals surface area contributed by atoms with Crippen molar-refractivity contribution in [2.24, 2.45) is 0 Å². The molecule has 0 bridgehead atoms. The zero-order valence-corrected chi connectivity index (χ0v) is 9.33. The first-order valence-electron chi connectivity index (χ1n) is 4.59.